The molecule has 0 saturated heterocycles. The van der Waals surface area contributed by atoms with E-state index < -0.39 is 0 Å². The third-order valence-electron chi connectivity index (χ3n) is 3.78. The van der Waals surface area contributed by atoms with Gasteiger partial charge < -0.3 is 15.6 Å². The van der Waals surface area contributed by atoms with Gasteiger partial charge in [0.25, 0.3) is 5.91 Å². The van der Waals surface area contributed by atoms with E-state index in [0.29, 0.717) is 22.8 Å². The van der Waals surface area contributed by atoms with Crippen LogP contribution < -0.4 is 10.6 Å². The quantitative estimate of drug-likeness (QED) is 0.443. The number of hydrogen-bond acceptors (Lipinski definition) is 5. The van der Waals surface area contributed by atoms with E-state index >= 15 is 0 Å². The average molecular weight is 393 g/mol. The van der Waals surface area contributed by atoms with Crippen LogP contribution in [0.3, 0.4) is 0 Å². The van der Waals surface area contributed by atoms with Crippen molar-refractivity contribution in [3.05, 3.63) is 54.5 Å². The molecular weight excluding hydrogens is 364 g/mol. The van der Waals surface area contributed by atoms with E-state index in [-0.39, 0.29) is 5.91 Å². The summed E-state index contributed by atoms with van der Waals surface area (Å²) in [7, 11) is 1.77. The Morgan fingerprint density at radius 1 is 1.00 bits per heavy atom. The van der Waals surface area contributed by atoms with Gasteiger partial charge in [-0.3, -0.25) is 9.78 Å². The average Bonchev–Trinajstić information content (AvgIpc) is 3.13. The number of fused-ring (bicyclic) bond motifs is 3. The molecule has 0 saturated carbocycles. The molecule has 0 aliphatic rings. The van der Waals surface area contributed by atoms with Crippen LogP contribution in [0.1, 0.15) is 44.5 Å². The Morgan fingerprint density at radius 3 is 2.38 bits per heavy atom. The zero-order valence-electron chi connectivity index (χ0n) is 17.6. The van der Waals surface area contributed by atoms with Crippen LogP contribution in [0.25, 0.3) is 21.9 Å². The second-order valence-electron chi connectivity index (χ2n) is 5.98. The molecule has 4 heterocycles. The number of carbonyl (C=O) groups is 1. The van der Waals surface area contributed by atoms with Crippen LogP contribution in [0.5, 0.6) is 0 Å². The van der Waals surface area contributed by atoms with E-state index in [1.54, 1.807) is 37.6 Å². The molecule has 0 bridgehead atoms. The van der Waals surface area contributed by atoms with Crippen LogP contribution in [0.15, 0.2) is 48.9 Å². The summed E-state index contributed by atoms with van der Waals surface area (Å²) in [4.78, 5) is 28.2. The molecule has 1 amide bonds. The summed E-state index contributed by atoms with van der Waals surface area (Å²) in [6, 6.07) is 9.04. The molecule has 0 aliphatic carbocycles. The highest BCUT2D eigenvalue weighted by Gasteiger charge is 2.10. The lowest BCUT2D eigenvalue weighted by molar-refractivity contribution is 0.102. The molecule has 29 heavy (non-hydrogen) atoms. The van der Waals surface area contributed by atoms with Gasteiger partial charge in [-0.15, -0.1) is 0 Å². The maximum atomic E-state index is 12.3. The van der Waals surface area contributed by atoms with E-state index in [9.17, 15) is 4.79 Å². The van der Waals surface area contributed by atoms with E-state index in [4.69, 9.17) is 0 Å². The van der Waals surface area contributed by atoms with Crippen LogP contribution in [0.2, 0.25) is 0 Å². The fraction of sp³-hybridized carbons (Fsp3) is 0.273. The number of amides is 1. The summed E-state index contributed by atoms with van der Waals surface area (Å²) >= 11 is 0. The summed E-state index contributed by atoms with van der Waals surface area (Å²) in [5, 5.41) is 7.67. The van der Waals surface area contributed by atoms with Crippen molar-refractivity contribution in [3.63, 3.8) is 0 Å². The Hall–Kier alpha value is -3.48. The van der Waals surface area contributed by atoms with Crippen molar-refractivity contribution < 1.29 is 4.79 Å². The smallest absolute Gasteiger partial charge is 0.258 e. The SMILES string of the molecule is CC.CCC.CNc1ccc(C(=O)Nc2ccc3c(n2)[nH]c2ccncc23)cn1. The van der Waals surface area contributed by atoms with Gasteiger partial charge in [0.1, 0.15) is 17.3 Å². The molecular formula is C22H28N6O. The third-order valence-corrected chi connectivity index (χ3v) is 3.78. The molecule has 7 heteroatoms. The highest BCUT2D eigenvalue weighted by atomic mass is 16.1. The van der Waals surface area contributed by atoms with Crippen molar-refractivity contribution in [2.24, 2.45) is 0 Å². The van der Waals surface area contributed by atoms with Crippen LogP contribution >= 0.6 is 0 Å². The number of nitrogens with zero attached hydrogens (tertiary/aromatic N) is 3. The summed E-state index contributed by atoms with van der Waals surface area (Å²) in [6.45, 7) is 8.25. The summed E-state index contributed by atoms with van der Waals surface area (Å²) < 4.78 is 0. The van der Waals surface area contributed by atoms with Gasteiger partial charge in [0.05, 0.1) is 11.1 Å². The number of H-pyrrole nitrogens is 1. The highest BCUT2D eigenvalue weighted by Crippen LogP contribution is 2.24. The lowest BCUT2D eigenvalue weighted by Gasteiger charge is -2.05. The molecule has 0 radical (unpaired) electrons. The van der Waals surface area contributed by atoms with Gasteiger partial charge in [-0.25, -0.2) is 9.97 Å². The molecule has 0 fully saturated rings. The zero-order chi connectivity index (χ0) is 21.2. The Labute approximate surface area is 171 Å². The van der Waals surface area contributed by atoms with Gasteiger partial charge >= 0.3 is 0 Å². The minimum atomic E-state index is -0.255. The number of nitrogens with one attached hydrogen (secondary N) is 3. The van der Waals surface area contributed by atoms with E-state index in [1.165, 1.54) is 12.6 Å². The van der Waals surface area contributed by atoms with Gasteiger partial charge in [0, 0.05) is 36.4 Å². The molecule has 0 spiro atoms. The Kier molecular flexibility index (Phi) is 8.09. The van der Waals surface area contributed by atoms with Gasteiger partial charge in [0.15, 0.2) is 0 Å². The first-order chi connectivity index (χ1) is 14.2. The van der Waals surface area contributed by atoms with E-state index in [2.05, 4.69) is 44.4 Å². The van der Waals surface area contributed by atoms with Crippen molar-refractivity contribution in [2.45, 2.75) is 34.1 Å². The summed E-state index contributed by atoms with van der Waals surface area (Å²) in [6.07, 6.45) is 6.29. The van der Waals surface area contributed by atoms with Crippen molar-refractivity contribution in [1.82, 2.24) is 19.9 Å². The highest BCUT2D eigenvalue weighted by molar-refractivity contribution is 6.07. The largest absolute Gasteiger partial charge is 0.373 e. The number of aromatic nitrogens is 4. The molecule has 4 aromatic rings. The van der Waals surface area contributed by atoms with Crippen LogP contribution in [0.4, 0.5) is 11.6 Å². The minimum absolute atomic E-state index is 0.255. The van der Waals surface area contributed by atoms with E-state index in [0.717, 1.165) is 16.3 Å². The number of aromatic amines is 1. The first-order valence-corrected chi connectivity index (χ1v) is 9.83. The molecule has 4 rings (SSSR count). The van der Waals surface area contributed by atoms with Crippen molar-refractivity contribution in [2.75, 3.05) is 17.7 Å². The summed E-state index contributed by atoms with van der Waals surface area (Å²) in [5.41, 5.74) is 2.14. The molecule has 4 aromatic heterocycles. The fourth-order valence-corrected chi connectivity index (χ4v) is 2.55. The lowest BCUT2D eigenvalue weighted by atomic mass is 10.2. The monoisotopic (exact) mass is 392 g/mol. The fourth-order valence-electron chi connectivity index (χ4n) is 2.55. The Balaban J connectivity index is 0.000000551. The third kappa shape index (κ3) is 5.28. The molecule has 7 nitrogen and oxygen atoms in total. The molecule has 0 unspecified atom stereocenters. The molecule has 0 atom stereocenters. The molecule has 3 N–H and O–H groups in total. The number of rotatable bonds is 3. The van der Waals surface area contributed by atoms with Crippen LogP contribution in [-0.2, 0) is 0 Å². The lowest BCUT2D eigenvalue weighted by Crippen LogP contribution is -2.13. The van der Waals surface area contributed by atoms with Crippen molar-refractivity contribution in [1.29, 1.82) is 0 Å². The maximum absolute atomic E-state index is 12.3. The van der Waals surface area contributed by atoms with Crippen LogP contribution in [0, 0.1) is 0 Å². The summed E-state index contributed by atoms with van der Waals surface area (Å²) in [5.74, 6) is 0.928. The minimum Gasteiger partial charge on any atom is -0.373 e. The second kappa shape index (κ2) is 10.8. The van der Waals surface area contributed by atoms with Gasteiger partial charge in [0.2, 0.25) is 0 Å². The Bertz CT molecular complexity index is 1060. The van der Waals surface area contributed by atoms with Crippen molar-refractivity contribution in [3.8, 4) is 0 Å². The topological polar surface area (TPSA) is 95.6 Å². The first-order valence-electron chi connectivity index (χ1n) is 9.83. The molecule has 0 aromatic carbocycles. The number of carbonyl (C=O) groups excluding carboxylic acids is 1. The predicted octanol–water partition coefficient (Wildman–Crippen LogP) is 5.24. The molecule has 0 aliphatic heterocycles. The van der Waals surface area contributed by atoms with Crippen LogP contribution in [-0.4, -0.2) is 32.9 Å². The number of pyridine rings is 3. The second-order valence-corrected chi connectivity index (χ2v) is 5.98. The predicted molar refractivity (Wildman–Crippen MR) is 120 cm³/mol. The zero-order valence-corrected chi connectivity index (χ0v) is 17.6. The number of anilines is 2. The Morgan fingerprint density at radius 2 is 1.72 bits per heavy atom. The van der Waals surface area contributed by atoms with Crippen molar-refractivity contribution >= 4 is 39.5 Å². The maximum Gasteiger partial charge on any atom is 0.258 e. The number of hydrogen-bond donors (Lipinski definition) is 3. The normalized spacial score (nSPS) is 9.83. The standard InChI is InChI=1S/C17H14N6O.C3H8.C2H6/c1-18-14-4-2-10(8-20-14)17(24)23-15-5-3-11-12-9-19-7-6-13(12)21-16(11)22-15;1-3-2;1-2/h2-9H,1H3,(H,18,20)(H2,21,22,23,24);3H2,1-2H3;1-2H3. The first kappa shape index (κ1) is 21.8. The van der Waals surface area contributed by atoms with E-state index in [1.807, 2.05) is 26.0 Å². The molecule has 152 valence electrons. The van der Waals surface area contributed by atoms with Gasteiger partial charge in [-0.2, -0.15) is 0 Å². The van der Waals surface area contributed by atoms with Gasteiger partial charge in [-0.1, -0.05) is 34.1 Å². The van der Waals surface area contributed by atoms with Gasteiger partial charge in [-0.05, 0) is 30.3 Å².